The second-order valence-corrected chi connectivity index (χ2v) is 7.16. The molecule has 0 amide bonds. The van der Waals surface area contributed by atoms with Crippen molar-refractivity contribution < 1.29 is 30.7 Å². The second kappa shape index (κ2) is 5.18. The Hall–Kier alpha value is 0.170. The number of hydrogen-bond donors (Lipinski definition) is 0. The first-order chi connectivity index (χ1) is 8.38. The van der Waals surface area contributed by atoms with Crippen molar-refractivity contribution in [1.29, 1.82) is 0 Å². The molecule has 19 heavy (non-hydrogen) atoms. The lowest BCUT2D eigenvalue weighted by molar-refractivity contribution is -0.359. The minimum absolute atomic E-state index is 0.0922. The summed E-state index contributed by atoms with van der Waals surface area (Å²) >= 11 is 6.11. The number of rotatable bonds is 3. The zero-order valence-corrected chi connectivity index (χ0v) is 13.0. The Morgan fingerprint density at radius 1 is 0.947 bits per heavy atom. The van der Waals surface area contributed by atoms with Gasteiger partial charge in [0.25, 0.3) is 0 Å². The Morgan fingerprint density at radius 2 is 1.42 bits per heavy atom. The predicted molar refractivity (Wildman–Crippen MR) is 64.0 cm³/mol. The number of alkyl halides is 7. The summed E-state index contributed by atoms with van der Waals surface area (Å²) in [4.78, 5) is 0. The molecule has 1 aromatic heterocycles. The van der Waals surface area contributed by atoms with Crippen LogP contribution in [-0.4, -0.2) is 12.1 Å². The van der Waals surface area contributed by atoms with Crippen LogP contribution in [-0.2, 0) is 12.3 Å². The van der Waals surface area contributed by atoms with Crippen LogP contribution in [0.15, 0.2) is 7.57 Å². The molecule has 0 aliphatic rings. The summed E-state index contributed by atoms with van der Waals surface area (Å²) in [7, 11) is 0. The summed E-state index contributed by atoms with van der Waals surface area (Å²) in [5, 5.41) is 0. The highest BCUT2D eigenvalue weighted by atomic mass is 79.9. The van der Waals surface area contributed by atoms with Crippen molar-refractivity contribution in [3.05, 3.63) is 18.7 Å². The van der Waals surface area contributed by atoms with Gasteiger partial charge in [0.2, 0.25) is 0 Å². The van der Waals surface area contributed by atoms with Crippen molar-refractivity contribution in [3.8, 4) is 0 Å². The van der Waals surface area contributed by atoms with Crippen LogP contribution < -0.4 is 0 Å². The van der Waals surface area contributed by atoms with Crippen LogP contribution in [0.5, 0.6) is 0 Å². The Morgan fingerprint density at radius 3 is 1.79 bits per heavy atom. The van der Waals surface area contributed by atoms with Crippen molar-refractivity contribution >= 4 is 43.2 Å². The lowest BCUT2D eigenvalue weighted by Crippen LogP contribution is -2.50. The fourth-order valence-corrected chi connectivity index (χ4v) is 4.84. The summed E-state index contributed by atoms with van der Waals surface area (Å²) in [5.74, 6) is -11.5. The zero-order chi connectivity index (χ0) is 15.2. The van der Waals surface area contributed by atoms with Gasteiger partial charge in [0.15, 0.2) is 0 Å². The monoisotopic (exact) mass is 436 g/mol. The maximum absolute atomic E-state index is 13.6. The minimum Gasteiger partial charge on any atom is -0.194 e. The summed E-state index contributed by atoms with van der Waals surface area (Å²) in [6.07, 6.45) is -6.45. The van der Waals surface area contributed by atoms with E-state index in [0.717, 1.165) is 0 Å². The molecule has 1 rings (SSSR count). The molecule has 0 spiro atoms. The molecule has 0 atom stereocenters. The van der Waals surface area contributed by atoms with Crippen LogP contribution in [0.3, 0.4) is 0 Å². The van der Waals surface area contributed by atoms with E-state index in [9.17, 15) is 30.7 Å². The van der Waals surface area contributed by atoms with E-state index in [2.05, 4.69) is 31.9 Å². The normalized spacial score (nSPS) is 14.0. The quantitative estimate of drug-likeness (QED) is 0.499. The van der Waals surface area contributed by atoms with Crippen LogP contribution in [0.25, 0.3) is 0 Å². The summed E-state index contributed by atoms with van der Waals surface area (Å²) in [6.45, 7) is 1.38. The average Bonchev–Trinajstić information content (AvgIpc) is 2.51. The highest BCUT2D eigenvalue weighted by molar-refractivity contribution is 9.12. The van der Waals surface area contributed by atoms with Crippen molar-refractivity contribution in [2.75, 3.05) is 0 Å². The number of thiophene rings is 1. The van der Waals surface area contributed by atoms with E-state index < -0.39 is 27.4 Å². The third-order valence-electron chi connectivity index (χ3n) is 2.33. The van der Waals surface area contributed by atoms with Gasteiger partial charge < -0.3 is 0 Å². The standard InChI is InChI=1S/C9H5Br2F7S/c1-2-3-4(6(11)19-5(3)10)7(12,13)8(14,15)9(16,17)18/h2H2,1H3. The molecule has 0 bridgehead atoms. The smallest absolute Gasteiger partial charge is 0.194 e. The highest BCUT2D eigenvalue weighted by Crippen LogP contribution is 2.56. The number of halogens is 9. The van der Waals surface area contributed by atoms with E-state index in [1.54, 1.807) is 0 Å². The van der Waals surface area contributed by atoms with E-state index in [1.165, 1.54) is 6.92 Å². The van der Waals surface area contributed by atoms with Gasteiger partial charge in [0.1, 0.15) is 0 Å². The molecule has 10 heteroatoms. The summed E-state index contributed by atoms with van der Waals surface area (Å²) in [6, 6.07) is 0. The maximum Gasteiger partial charge on any atom is 0.460 e. The molecule has 1 aromatic rings. The molecule has 1 heterocycles. The summed E-state index contributed by atoms with van der Waals surface area (Å²) < 4.78 is 89.3. The van der Waals surface area contributed by atoms with Crippen LogP contribution in [0.4, 0.5) is 30.7 Å². The first kappa shape index (κ1) is 17.2. The molecule has 0 N–H and O–H groups in total. The van der Waals surface area contributed by atoms with Gasteiger partial charge in [-0.1, -0.05) is 6.92 Å². The third-order valence-corrected chi connectivity index (χ3v) is 4.99. The lowest BCUT2D eigenvalue weighted by atomic mass is 9.99. The van der Waals surface area contributed by atoms with Gasteiger partial charge in [-0.05, 0) is 43.8 Å². The van der Waals surface area contributed by atoms with Crippen molar-refractivity contribution in [1.82, 2.24) is 0 Å². The van der Waals surface area contributed by atoms with Crippen LogP contribution in [0.2, 0.25) is 0 Å². The van der Waals surface area contributed by atoms with E-state index in [-0.39, 0.29) is 15.8 Å². The molecule has 0 saturated carbocycles. The predicted octanol–water partition coefficient (Wildman–Crippen LogP) is 6.12. The molecule has 110 valence electrons. The van der Waals surface area contributed by atoms with Gasteiger partial charge in [0.05, 0.1) is 13.1 Å². The summed E-state index contributed by atoms with van der Waals surface area (Å²) in [5.41, 5.74) is -1.60. The van der Waals surface area contributed by atoms with Gasteiger partial charge in [-0.2, -0.15) is 30.7 Å². The SMILES string of the molecule is CCc1c(Br)sc(Br)c1C(F)(F)C(F)(F)C(F)(F)F. The molecular formula is C9H5Br2F7S. The van der Waals surface area contributed by atoms with E-state index in [4.69, 9.17) is 0 Å². The molecule has 0 fully saturated rings. The van der Waals surface area contributed by atoms with Gasteiger partial charge in [0, 0.05) is 0 Å². The lowest BCUT2D eigenvalue weighted by Gasteiger charge is -2.29. The third kappa shape index (κ3) is 2.67. The fourth-order valence-electron chi connectivity index (χ4n) is 1.37. The minimum atomic E-state index is -6.34. The topological polar surface area (TPSA) is 0 Å². The van der Waals surface area contributed by atoms with E-state index >= 15 is 0 Å². The molecule has 0 unspecified atom stereocenters. The second-order valence-electron chi connectivity index (χ2n) is 3.50. The first-order valence-corrected chi connectivity index (χ1v) is 7.07. The Bertz CT molecular complexity index is 478. The van der Waals surface area contributed by atoms with Gasteiger partial charge in [-0.25, -0.2) is 0 Å². The molecule has 0 nitrogen and oxygen atoms in total. The Labute approximate surface area is 124 Å². The molecule has 0 aliphatic carbocycles. The van der Waals surface area contributed by atoms with Gasteiger partial charge in [-0.15, -0.1) is 11.3 Å². The van der Waals surface area contributed by atoms with Gasteiger partial charge in [-0.3, -0.25) is 0 Å². The first-order valence-electron chi connectivity index (χ1n) is 4.67. The molecule has 0 saturated heterocycles. The highest BCUT2D eigenvalue weighted by Gasteiger charge is 2.74. The van der Waals surface area contributed by atoms with Crippen LogP contribution >= 0.6 is 43.2 Å². The van der Waals surface area contributed by atoms with Crippen molar-refractivity contribution in [2.24, 2.45) is 0 Å². The Balaban J connectivity index is 3.52. The fraction of sp³-hybridized carbons (Fsp3) is 0.556. The maximum atomic E-state index is 13.6. The van der Waals surface area contributed by atoms with E-state index in [0.29, 0.717) is 11.3 Å². The average molecular weight is 438 g/mol. The van der Waals surface area contributed by atoms with Crippen LogP contribution in [0.1, 0.15) is 18.1 Å². The Kier molecular flexibility index (Phi) is 4.69. The molecular weight excluding hydrogens is 433 g/mol. The van der Waals surface area contributed by atoms with E-state index in [1.807, 2.05) is 0 Å². The molecule has 0 radical (unpaired) electrons. The van der Waals surface area contributed by atoms with Gasteiger partial charge >= 0.3 is 18.0 Å². The van der Waals surface area contributed by atoms with Crippen molar-refractivity contribution in [3.63, 3.8) is 0 Å². The van der Waals surface area contributed by atoms with Crippen molar-refractivity contribution in [2.45, 2.75) is 31.4 Å². The molecule has 0 aromatic carbocycles. The largest absolute Gasteiger partial charge is 0.460 e. The molecule has 0 aliphatic heterocycles. The number of hydrogen-bond acceptors (Lipinski definition) is 1. The van der Waals surface area contributed by atoms with Crippen LogP contribution in [0, 0.1) is 0 Å². The zero-order valence-electron chi connectivity index (χ0n) is 9.02.